The Labute approximate surface area is 133 Å². The summed E-state index contributed by atoms with van der Waals surface area (Å²) in [7, 11) is 0.591. The molecule has 0 fully saturated rings. The molecule has 0 aromatic rings. The van der Waals surface area contributed by atoms with Gasteiger partial charge < -0.3 is 10.5 Å². The van der Waals surface area contributed by atoms with E-state index >= 15 is 0 Å². The molecule has 0 saturated heterocycles. The van der Waals surface area contributed by atoms with Crippen LogP contribution in [0.15, 0.2) is 26.6 Å². The summed E-state index contributed by atoms with van der Waals surface area (Å²) in [5, 5.41) is 0. The van der Waals surface area contributed by atoms with Gasteiger partial charge in [0.25, 0.3) is 0 Å². The lowest BCUT2D eigenvalue weighted by atomic mass is 10.1. The van der Waals surface area contributed by atoms with Crippen molar-refractivity contribution in [2.45, 2.75) is 39.0 Å². The minimum absolute atomic E-state index is 0.298. The molecule has 2 aliphatic heterocycles. The zero-order valence-corrected chi connectivity index (χ0v) is 14.4. The molecular weight excluding hydrogens is 304 g/mol. The van der Waals surface area contributed by atoms with Crippen LogP contribution in [0.25, 0.3) is 0 Å². The summed E-state index contributed by atoms with van der Waals surface area (Å²) in [6.45, 7) is 3.05. The Bertz CT molecular complexity index is 498. The number of nitrogens with two attached hydrogens (primary N) is 1. The Morgan fingerprint density at radius 1 is 1.48 bits per heavy atom. The lowest BCUT2D eigenvalue weighted by molar-refractivity contribution is -0.135. The number of nitrogens with zero attached hydrogens (tertiary/aromatic N) is 1. The summed E-state index contributed by atoms with van der Waals surface area (Å²) in [5.41, 5.74) is 6.67. The van der Waals surface area contributed by atoms with Gasteiger partial charge in [-0.25, -0.2) is 4.79 Å². The Kier molecular flexibility index (Phi) is 6.23. The van der Waals surface area contributed by atoms with Gasteiger partial charge in [-0.15, -0.1) is 10.9 Å². The Hall–Kier alpha value is -0.880. The summed E-state index contributed by atoms with van der Waals surface area (Å²) < 4.78 is 6.02. The highest BCUT2D eigenvalue weighted by atomic mass is 32.2. The van der Waals surface area contributed by atoms with Crippen molar-refractivity contribution in [3.63, 3.8) is 0 Å². The molecule has 1 atom stereocenters. The molecule has 0 spiro atoms. The van der Waals surface area contributed by atoms with Crippen LogP contribution in [0, 0.1) is 0 Å². The van der Waals surface area contributed by atoms with Crippen molar-refractivity contribution in [2.24, 2.45) is 10.7 Å². The summed E-state index contributed by atoms with van der Waals surface area (Å²) >= 11 is 1.76. The molecule has 1 unspecified atom stereocenters. The molecule has 118 valence electrons. The number of hydrogen-bond donors (Lipinski definition) is 2. The molecule has 2 N–H and O–H groups in total. The van der Waals surface area contributed by atoms with Gasteiger partial charge >= 0.3 is 5.97 Å². The van der Waals surface area contributed by atoms with Gasteiger partial charge in [-0.1, -0.05) is 37.9 Å². The highest BCUT2D eigenvalue weighted by Crippen LogP contribution is 2.55. The largest absolute Gasteiger partial charge is 0.465 e. The van der Waals surface area contributed by atoms with E-state index < -0.39 is 10.9 Å². The van der Waals surface area contributed by atoms with Gasteiger partial charge in [-0.2, -0.15) is 0 Å². The summed E-state index contributed by atoms with van der Waals surface area (Å²) in [6, 6.07) is 0. The van der Waals surface area contributed by atoms with E-state index in [0.29, 0.717) is 10.6 Å². The van der Waals surface area contributed by atoms with E-state index in [1.807, 2.05) is 6.08 Å². The summed E-state index contributed by atoms with van der Waals surface area (Å²) in [5.74, 6) is 0.708. The van der Waals surface area contributed by atoms with Gasteiger partial charge in [0.15, 0.2) is 0 Å². The van der Waals surface area contributed by atoms with Crippen LogP contribution in [-0.2, 0) is 9.53 Å². The lowest BCUT2D eigenvalue weighted by Gasteiger charge is -2.22. The van der Waals surface area contributed by atoms with Crippen molar-refractivity contribution in [1.82, 2.24) is 0 Å². The van der Waals surface area contributed by atoms with Gasteiger partial charge in [0.1, 0.15) is 9.28 Å². The number of thioether (sulfide) groups is 1. The molecule has 0 aliphatic carbocycles. The topological polar surface area (TPSA) is 64.7 Å². The van der Waals surface area contributed by atoms with Crippen molar-refractivity contribution in [1.29, 1.82) is 0 Å². The van der Waals surface area contributed by atoms with Gasteiger partial charge in [0, 0.05) is 5.75 Å². The second kappa shape index (κ2) is 7.94. The van der Waals surface area contributed by atoms with Crippen molar-refractivity contribution < 1.29 is 9.53 Å². The third kappa shape index (κ3) is 3.86. The van der Waals surface area contributed by atoms with E-state index in [2.05, 4.69) is 11.9 Å². The standard InChI is InChI=1S/C15H24N2O2S2/c1-3-4-5-6-7-11-10-12(16)13(14(18)19-2)21(11)15-17-8-9-20-15/h10,21H,3-9,16H2,1-2H3. The van der Waals surface area contributed by atoms with Crippen molar-refractivity contribution in [2.75, 3.05) is 19.4 Å². The second-order valence-electron chi connectivity index (χ2n) is 5.09. The average molecular weight is 329 g/mol. The number of aliphatic imine (C=N–C) groups is 1. The number of unbranched alkanes of at least 4 members (excludes halogenated alkanes) is 3. The molecule has 0 aromatic heterocycles. The first-order valence-corrected chi connectivity index (χ1v) is 9.77. The normalized spacial score (nSPS) is 23.2. The first kappa shape index (κ1) is 16.5. The van der Waals surface area contributed by atoms with E-state index in [9.17, 15) is 4.79 Å². The van der Waals surface area contributed by atoms with Crippen LogP contribution in [0.4, 0.5) is 0 Å². The molecule has 2 aliphatic rings. The van der Waals surface area contributed by atoms with Crippen molar-refractivity contribution in [3.05, 3.63) is 21.6 Å². The van der Waals surface area contributed by atoms with E-state index in [4.69, 9.17) is 10.5 Å². The molecule has 0 saturated carbocycles. The second-order valence-corrected chi connectivity index (χ2v) is 8.59. The number of methoxy groups -OCH3 is 1. The Morgan fingerprint density at radius 3 is 2.90 bits per heavy atom. The number of carbonyl (C=O) groups excluding carboxylic acids is 1. The molecule has 0 radical (unpaired) electrons. The number of carbonyl (C=O) groups is 1. The SMILES string of the molecule is CCCCCCC1=CC(N)=C(C(=O)OC)[SH]1C1=NCCS1. The maximum atomic E-state index is 12.1. The highest BCUT2D eigenvalue weighted by molar-refractivity contribution is 8.51. The fraction of sp³-hybridized carbons (Fsp3) is 0.600. The van der Waals surface area contributed by atoms with Crippen LogP contribution in [0.3, 0.4) is 0 Å². The molecule has 6 heteroatoms. The summed E-state index contributed by atoms with van der Waals surface area (Å²) in [4.78, 5) is 18.6. The van der Waals surface area contributed by atoms with E-state index in [-0.39, 0.29) is 5.97 Å². The minimum Gasteiger partial charge on any atom is -0.465 e. The number of thiol groups is 1. The van der Waals surface area contributed by atoms with Gasteiger partial charge in [-0.3, -0.25) is 4.99 Å². The maximum absolute atomic E-state index is 12.1. The fourth-order valence-corrected chi connectivity index (χ4v) is 6.66. The molecule has 21 heavy (non-hydrogen) atoms. The zero-order chi connectivity index (χ0) is 15.2. The van der Waals surface area contributed by atoms with Crippen LogP contribution in [0.1, 0.15) is 39.0 Å². The van der Waals surface area contributed by atoms with Crippen LogP contribution in [0.5, 0.6) is 0 Å². The molecule has 2 rings (SSSR count). The predicted octanol–water partition coefficient (Wildman–Crippen LogP) is 3.30. The Morgan fingerprint density at radius 2 is 2.29 bits per heavy atom. The average Bonchev–Trinajstić information content (AvgIpc) is 3.10. The highest BCUT2D eigenvalue weighted by Gasteiger charge is 2.33. The lowest BCUT2D eigenvalue weighted by Crippen LogP contribution is -2.11. The third-order valence-electron chi connectivity index (χ3n) is 3.53. The first-order chi connectivity index (χ1) is 10.2. The molecule has 2 heterocycles. The van der Waals surface area contributed by atoms with E-state index in [0.717, 1.165) is 29.5 Å². The number of rotatable bonds is 6. The van der Waals surface area contributed by atoms with Crippen LogP contribution < -0.4 is 5.73 Å². The quantitative estimate of drug-likeness (QED) is 0.446. The number of hydrogen-bond acceptors (Lipinski definition) is 5. The molecule has 0 amide bonds. The van der Waals surface area contributed by atoms with Crippen molar-refractivity contribution >= 4 is 33.0 Å². The van der Waals surface area contributed by atoms with Gasteiger partial charge in [0.2, 0.25) is 0 Å². The smallest absolute Gasteiger partial charge is 0.345 e. The number of esters is 1. The van der Waals surface area contributed by atoms with Gasteiger partial charge in [0.05, 0.1) is 19.4 Å². The van der Waals surface area contributed by atoms with E-state index in [1.165, 1.54) is 31.3 Å². The van der Waals surface area contributed by atoms with Crippen LogP contribution in [0.2, 0.25) is 0 Å². The van der Waals surface area contributed by atoms with Crippen LogP contribution in [-0.4, -0.2) is 29.8 Å². The number of allylic oxidation sites excluding steroid dienone is 2. The third-order valence-corrected chi connectivity index (χ3v) is 7.58. The zero-order valence-electron chi connectivity index (χ0n) is 12.7. The van der Waals surface area contributed by atoms with Crippen molar-refractivity contribution in [3.8, 4) is 0 Å². The Balaban J connectivity index is 2.13. The van der Waals surface area contributed by atoms with Gasteiger partial charge in [-0.05, 0) is 23.8 Å². The fourth-order valence-electron chi connectivity index (χ4n) is 2.49. The first-order valence-electron chi connectivity index (χ1n) is 7.45. The molecule has 0 aromatic carbocycles. The predicted molar refractivity (Wildman–Crippen MR) is 93.8 cm³/mol. The minimum atomic E-state index is -0.824. The monoisotopic (exact) mass is 328 g/mol. The summed E-state index contributed by atoms with van der Waals surface area (Å²) in [6.07, 6.45) is 7.86. The molecule has 0 bridgehead atoms. The molecule has 4 nitrogen and oxygen atoms in total. The van der Waals surface area contributed by atoms with E-state index in [1.54, 1.807) is 11.8 Å². The number of ether oxygens (including phenoxy) is 1. The molecular formula is C15H24N2O2S2. The van der Waals surface area contributed by atoms with Crippen LogP contribution >= 0.6 is 22.7 Å². The maximum Gasteiger partial charge on any atom is 0.345 e.